The summed E-state index contributed by atoms with van der Waals surface area (Å²) in [7, 11) is 0. The minimum Gasteiger partial charge on any atom is -0.465 e. The molecule has 2 aliphatic rings. The minimum absolute atomic E-state index is 0.102. The second kappa shape index (κ2) is 8.15. The number of ether oxygens (including phenoxy) is 3. The number of rotatable bonds is 6. The van der Waals surface area contributed by atoms with Crippen molar-refractivity contribution in [2.75, 3.05) is 19.8 Å². The number of carbonyl (C=O) groups is 3. The average molecular weight is 312 g/mol. The van der Waals surface area contributed by atoms with Crippen molar-refractivity contribution in [3.05, 3.63) is 0 Å². The minimum atomic E-state index is -0.929. The van der Waals surface area contributed by atoms with E-state index in [1.165, 1.54) is 26.2 Å². The van der Waals surface area contributed by atoms with Crippen LogP contribution in [0.25, 0.3) is 0 Å². The lowest BCUT2D eigenvalue weighted by molar-refractivity contribution is -0.162. The van der Waals surface area contributed by atoms with Gasteiger partial charge in [-0.2, -0.15) is 0 Å². The van der Waals surface area contributed by atoms with Crippen molar-refractivity contribution in [2.45, 2.75) is 45.4 Å². The number of esters is 3. The molecule has 1 aliphatic heterocycles. The van der Waals surface area contributed by atoms with Gasteiger partial charge in [0.05, 0.1) is 26.2 Å². The molecule has 2 atom stereocenters. The molecule has 0 N–H and O–H groups in total. The maximum absolute atomic E-state index is 11.9. The van der Waals surface area contributed by atoms with Crippen molar-refractivity contribution in [3.63, 3.8) is 0 Å². The number of carbonyl (C=O) groups excluding carboxylic acids is 3. The zero-order valence-corrected chi connectivity index (χ0v) is 13.0. The summed E-state index contributed by atoms with van der Waals surface area (Å²) in [6.07, 6.45) is 6.04. The van der Waals surface area contributed by atoms with Gasteiger partial charge >= 0.3 is 17.9 Å². The molecular formula is C16H24O6. The van der Waals surface area contributed by atoms with E-state index in [0.29, 0.717) is 12.5 Å². The summed E-state index contributed by atoms with van der Waals surface area (Å²) >= 11 is 0. The summed E-state index contributed by atoms with van der Waals surface area (Å²) in [4.78, 5) is 34.6. The standard InChI is InChI=1S/C16H24O6/c1-11(15(18)21-8-12-5-3-2-4-6-12)16(19)22-10-13-7-14(17)20-9-13/h11-13H,2-10H2,1H3. The normalized spacial score (nSPS) is 23.7. The Balaban J connectivity index is 1.65. The molecule has 6 nitrogen and oxygen atoms in total. The Morgan fingerprint density at radius 1 is 1.09 bits per heavy atom. The quantitative estimate of drug-likeness (QED) is 0.423. The third-order valence-corrected chi connectivity index (χ3v) is 4.29. The summed E-state index contributed by atoms with van der Waals surface area (Å²) in [5.41, 5.74) is 0. The second-order valence-electron chi connectivity index (χ2n) is 6.24. The summed E-state index contributed by atoms with van der Waals surface area (Å²) in [5.74, 6) is -2.03. The first-order valence-corrected chi connectivity index (χ1v) is 8.05. The van der Waals surface area contributed by atoms with Gasteiger partial charge in [-0.1, -0.05) is 19.3 Å². The molecule has 124 valence electrons. The summed E-state index contributed by atoms with van der Waals surface area (Å²) in [6.45, 7) is 2.25. The first kappa shape index (κ1) is 16.8. The van der Waals surface area contributed by atoms with Crippen molar-refractivity contribution in [2.24, 2.45) is 17.8 Å². The third kappa shape index (κ3) is 5.00. The molecule has 0 aromatic heterocycles. The molecule has 0 aromatic rings. The SMILES string of the molecule is CC(C(=O)OCC1CCCCC1)C(=O)OCC1COC(=O)C1. The predicted octanol–water partition coefficient (Wildman–Crippen LogP) is 1.85. The highest BCUT2D eigenvalue weighted by atomic mass is 16.6. The van der Waals surface area contributed by atoms with Crippen LogP contribution in [-0.2, 0) is 28.6 Å². The maximum atomic E-state index is 11.9. The molecule has 2 unspecified atom stereocenters. The molecule has 6 heteroatoms. The summed E-state index contributed by atoms with van der Waals surface area (Å²) < 4.78 is 15.1. The van der Waals surface area contributed by atoms with Crippen LogP contribution in [0, 0.1) is 17.8 Å². The van der Waals surface area contributed by atoms with E-state index in [-0.39, 0.29) is 31.5 Å². The lowest BCUT2D eigenvalue weighted by Crippen LogP contribution is -2.28. The zero-order valence-electron chi connectivity index (χ0n) is 13.0. The molecule has 2 rings (SSSR count). The van der Waals surface area contributed by atoms with Crippen molar-refractivity contribution in [3.8, 4) is 0 Å². The van der Waals surface area contributed by atoms with Gasteiger partial charge in [0.25, 0.3) is 0 Å². The number of cyclic esters (lactones) is 1. The van der Waals surface area contributed by atoms with E-state index in [1.807, 2.05) is 0 Å². The van der Waals surface area contributed by atoms with E-state index in [4.69, 9.17) is 14.2 Å². The Morgan fingerprint density at radius 3 is 2.23 bits per heavy atom. The van der Waals surface area contributed by atoms with Crippen LogP contribution in [0.15, 0.2) is 0 Å². The van der Waals surface area contributed by atoms with Crippen molar-refractivity contribution in [1.29, 1.82) is 0 Å². The first-order chi connectivity index (χ1) is 10.6. The fourth-order valence-electron chi connectivity index (χ4n) is 2.77. The Hall–Kier alpha value is -1.59. The Morgan fingerprint density at radius 2 is 1.68 bits per heavy atom. The van der Waals surface area contributed by atoms with Gasteiger partial charge in [0.1, 0.15) is 0 Å². The van der Waals surface area contributed by atoms with Gasteiger partial charge in [0.2, 0.25) is 0 Å². The molecule has 1 aliphatic carbocycles. The van der Waals surface area contributed by atoms with Crippen LogP contribution < -0.4 is 0 Å². The molecule has 0 amide bonds. The molecule has 1 heterocycles. The summed E-state index contributed by atoms with van der Waals surface area (Å²) in [5, 5.41) is 0. The fourth-order valence-corrected chi connectivity index (χ4v) is 2.77. The molecule has 0 radical (unpaired) electrons. The lowest BCUT2D eigenvalue weighted by Gasteiger charge is -2.21. The molecule has 0 bridgehead atoms. The predicted molar refractivity (Wildman–Crippen MR) is 76.7 cm³/mol. The van der Waals surface area contributed by atoms with E-state index in [1.54, 1.807) is 0 Å². The fraction of sp³-hybridized carbons (Fsp3) is 0.812. The van der Waals surface area contributed by atoms with Crippen LogP contribution in [0.5, 0.6) is 0 Å². The van der Waals surface area contributed by atoms with Crippen molar-refractivity contribution < 1.29 is 28.6 Å². The Bertz CT molecular complexity index is 413. The van der Waals surface area contributed by atoms with Gasteiger partial charge in [-0.3, -0.25) is 14.4 Å². The van der Waals surface area contributed by atoms with E-state index in [2.05, 4.69) is 0 Å². The van der Waals surface area contributed by atoms with Crippen LogP contribution in [0.4, 0.5) is 0 Å². The highest BCUT2D eigenvalue weighted by molar-refractivity contribution is 5.94. The van der Waals surface area contributed by atoms with E-state index in [9.17, 15) is 14.4 Å². The van der Waals surface area contributed by atoms with E-state index in [0.717, 1.165) is 12.8 Å². The molecule has 1 saturated carbocycles. The Kier molecular flexibility index (Phi) is 6.21. The van der Waals surface area contributed by atoms with Gasteiger partial charge in [-0.05, 0) is 25.7 Å². The molecule has 2 fully saturated rings. The molecule has 22 heavy (non-hydrogen) atoms. The molecule has 1 saturated heterocycles. The monoisotopic (exact) mass is 312 g/mol. The topological polar surface area (TPSA) is 78.9 Å². The van der Waals surface area contributed by atoms with Crippen LogP contribution in [0.2, 0.25) is 0 Å². The van der Waals surface area contributed by atoms with Gasteiger partial charge in [-0.25, -0.2) is 0 Å². The molecule has 0 spiro atoms. The summed E-state index contributed by atoms with van der Waals surface area (Å²) in [6, 6.07) is 0. The number of hydrogen-bond acceptors (Lipinski definition) is 6. The average Bonchev–Trinajstić information content (AvgIpc) is 2.96. The van der Waals surface area contributed by atoms with Gasteiger partial charge in [0, 0.05) is 5.92 Å². The third-order valence-electron chi connectivity index (χ3n) is 4.29. The van der Waals surface area contributed by atoms with Crippen molar-refractivity contribution in [1.82, 2.24) is 0 Å². The Labute approximate surface area is 130 Å². The molecular weight excluding hydrogens is 288 g/mol. The van der Waals surface area contributed by atoms with Crippen LogP contribution in [-0.4, -0.2) is 37.7 Å². The van der Waals surface area contributed by atoms with E-state index >= 15 is 0 Å². The van der Waals surface area contributed by atoms with Crippen LogP contribution in [0.3, 0.4) is 0 Å². The van der Waals surface area contributed by atoms with Gasteiger partial charge in [-0.15, -0.1) is 0 Å². The van der Waals surface area contributed by atoms with Crippen LogP contribution >= 0.6 is 0 Å². The second-order valence-corrected chi connectivity index (χ2v) is 6.24. The van der Waals surface area contributed by atoms with Gasteiger partial charge < -0.3 is 14.2 Å². The zero-order chi connectivity index (χ0) is 15.9. The van der Waals surface area contributed by atoms with Crippen molar-refractivity contribution >= 4 is 17.9 Å². The highest BCUT2D eigenvalue weighted by Gasteiger charge is 2.29. The first-order valence-electron chi connectivity index (χ1n) is 8.05. The number of hydrogen-bond donors (Lipinski definition) is 0. The largest absolute Gasteiger partial charge is 0.465 e. The maximum Gasteiger partial charge on any atom is 0.320 e. The molecule has 0 aromatic carbocycles. The van der Waals surface area contributed by atoms with Gasteiger partial charge in [0.15, 0.2) is 5.92 Å². The smallest absolute Gasteiger partial charge is 0.320 e. The van der Waals surface area contributed by atoms with E-state index < -0.39 is 17.9 Å². The van der Waals surface area contributed by atoms with Crippen LogP contribution in [0.1, 0.15) is 45.4 Å². The highest BCUT2D eigenvalue weighted by Crippen LogP contribution is 2.24. The lowest BCUT2D eigenvalue weighted by atomic mass is 9.90.